The molecule has 1 aliphatic heterocycles. The monoisotopic (exact) mass is 458 g/mol. The first-order valence-electron chi connectivity index (χ1n) is 11.8. The largest absolute Gasteiger partial charge is 0.486 e. The van der Waals surface area contributed by atoms with Crippen LogP contribution in [0.25, 0.3) is 11.2 Å². The van der Waals surface area contributed by atoms with Gasteiger partial charge in [0.25, 0.3) is 5.56 Å². The second-order valence-corrected chi connectivity index (χ2v) is 9.03. The Morgan fingerprint density at radius 1 is 0.912 bits per heavy atom. The zero-order valence-electron chi connectivity index (χ0n) is 18.8. The molecule has 0 spiro atoms. The number of aromatic nitrogens is 4. The molecule has 0 N–H and O–H groups in total. The first-order chi connectivity index (χ1) is 16.7. The summed E-state index contributed by atoms with van der Waals surface area (Å²) in [6.45, 7) is 0.705. The Kier molecular flexibility index (Phi) is 5.20. The fraction of sp³-hybridized carbons (Fsp3) is 0.346. The van der Waals surface area contributed by atoms with Gasteiger partial charge in [0.1, 0.15) is 6.61 Å². The normalized spacial score (nSPS) is 17.9. The Hall–Kier alpha value is -3.81. The molecule has 0 bridgehead atoms. The van der Waals surface area contributed by atoms with Crippen LogP contribution in [0.4, 0.5) is 0 Å². The highest BCUT2D eigenvalue weighted by Crippen LogP contribution is 2.32. The number of ether oxygens (including phenoxy) is 2. The van der Waals surface area contributed by atoms with Crippen molar-refractivity contribution in [3.8, 4) is 11.5 Å². The Morgan fingerprint density at radius 3 is 2.44 bits per heavy atom. The second kappa shape index (κ2) is 8.52. The van der Waals surface area contributed by atoms with E-state index in [1.807, 2.05) is 59.2 Å². The summed E-state index contributed by atoms with van der Waals surface area (Å²) in [5.41, 5.74) is 1.18. The summed E-state index contributed by atoms with van der Waals surface area (Å²) < 4.78 is 16.8. The van der Waals surface area contributed by atoms with Crippen LogP contribution in [0.3, 0.4) is 0 Å². The van der Waals surface area contributed by atoms with Crippen molar-refractivity contribution in [1.82, 2.24) is 18.7 Å². The van der Waals surface area contributed by atoms with E-state index in [1.165, 1.54) is 4.57 Å². The van der Waals surface area contributed by atoms with Crippen molar-refractivity contribution >= 4 is 11.2 Å². The maximum atomic E-state index is 13.7. The Balaban J connectivity index is 1.46. The molecule has 6 rings (SSSR count). The number of nitrogens with zero attached hydrogens (tertiary/aromatic N) is 4. The summed E-state index contributed by atoms with van der Waals surface area (Å²) >= 11 is 0. The van der Waals surface area contributed by atoms with Crippen molar-refractivity contribution in [1.29, 1.82) is 0 Å². The fourth-order valence-electron chi connectivity index (χ4n) is 5.09. The molecule has 0 amide bonds. The standard InChI is InChI=1S/C26H26N4O4/c31-25-23-24(27-17-30(23)19-10-4-5-11-19)28(14-18-8-2-1-3-9-18)26(32)29(25)15-20-16-33-21-12-6-7-13-22(21)34-20/h1-3,6-9,12-13,17,19-20H,4-5,10-11,14-16H2/t20-/m0/s1. The third-order valence-electron chi connectivity index (χ3n) is 6.79. The Morgan fingerprint density at radius 2 is 1.65 bits per heavy atom. The molecule has 0 radical (unpaired) electrons. The first kappa shape index (κ1) is 20.8. The molecule has 1 aliphatic carbocycles. The minimum Gasteiger partial charge on any atom is -0.486 e. The molecular weight excluding hydrogens is 432 g/mol. The van der Waals surface area contributed by atoms with Gasteiger partial charge in [0.15, 0.2) is 28.8 Å². The predicted octanol–water partition coefficient (Wildman–Crippen LogP) is 3.36. The van der Waals surface area contributed by atoms with Crippen molar-refractivity contribution in [2.45, 2.75) is 50.9 Å². The van der Waals surface area contributed by atoms with Crippen molar-refractivity contribution in [3.05, 3.63) is 87.3 Å². The SMILES string of the molecule is O=c1c2c(ncn2C2CCCC2)n(Cc2ccccc2)c(=O)n1C[C@H]1COc2ccccc2O1. The van der Waals surface area contributed by atoms with E-state index in [1.54, 1.807) is 10.9 Å². The van der Waals surface area contributed by atoms with Gasteiger partial charge in [0.2, 0.25) is 0 Å². The van der Waals surface area contributed by atoms with E-state index in [0.29, 0.717) is 29.2 Å². The number of fused-ring (bicyclic) bond motifs is 2. The molecule has 1 fully saturated rings. The molecule has 0 saturated heterocycles. The Labute approximate surface area is 196 Å². The highest BCUT2D eigenvalue weighted by molar-refractivity contribution is 5.70. The minimum absolute atomic E-state index is 0.104. The van der Waals surface area contributed by atoms with Gasteiger partial charge < -0.3 is 14.0 Å². The highest BCUT2D eigenvalue weighted by Gasteiger charge is 2.27. The zero-order chi connectivity index (χ0) is 23.1. The lowest BCUT2D eigenvalue weighted by atomic mass is 10.2. The molecular formula is C26H26N4O4. The van der Waals surface area contributed by atoms with Crippen LogP contribution in [0.1, 0.15) is 37.3 Å². The van der Waals surface area contributed by atoms with E-state index in [0.717, 1.165) is 31.2 Å². The van der Waals surface area contributed by atoms with Crippen molar-refractivity contribution in [2.75, 3.05) is 6.61 Å². The summed E-state index contributed by atoms with van der Waals surface area (Å²) in [5, 5.41) is 0. The van der Waals surface area contributed by atoms with Gasteiger partial charge >= 0.3 is 5.69 Å². The highest BCUT2D eigenvalue weighted by atomic mass is 16.6. The lowest BCUT2D eigenvalue weighted by Crippen LogP contribution is -2.46. The second-order valence-electron chi connectivity index (χ2n) is 9.03. The third kappa shape index (κ3) is 3.59. The number of hydrogen-bond acceptors (Lipinski definition) is 5. The topological polar surface area (TPSA) is 80.3 Å². The lowest BCUT2D eigenvalue weighted by Gasteiger charge is -2.27. The summed E-state index contributed by atoms with van der Waals surface area (Å²) in [4.78, 5) is 31.9. The average molecular weight is 459 g/mol. The third-order valence-corrected chi connectivity index (χ3v) is 6.79. The van der Waals surface area contributed by atoms with Crippen molar-refractivity contribution in [2.24, 2.45) is 0 Å². The molecule has 174 valence electrons. The molecule has 1 saturated carbocycles. The Bertz CT molecular complexity index is 1450. The molecule has 1 atom stereocenters. The smallest absolute Gasteiger partial charge is 0.333 e. The minimum atomic E-state index is -0.453. The fourth-order valence-corrected chi connectivity index (χ4v) is 5.09. The number of hydrogen-bond donors (Lipinski definition) is 0. The van der Waals surface area contributed by atoms with Gasteiger partial charge in [0, 0.05) is 6.04 Å². The summed E-state index contributed by atoms with van der Waals surface area (Å²) in [6, 6.07) is 17.4. The van der Waals surface area contributed by atoms with Crippen LogP contribution in [-0.4, -0.2) is 31.4 Å². The van der Waals surface area contributed by atoms with Crippen LogP contribution in [0, 0.1) is 0 Å². The van der Waals surface area contributed by atoms with Gasteiger partial charge in [-0.2, -0.15) is 0 Å². The van der Waals surface area contributed by atoms with E-state index in [9.17, 15) is 9.59 Å². The van der Waals surface area contributed by atoms with E-state index in [-0.39, 0.29) is 30.4 Å². The van der Waals surface area contributed by atoms with Crippen molar-refractivity contribution in [3.63, 3.8) is 0 Å². The molecule has 34 heavy (non-hydrogen) atoms. The van der Waals surface area contributed by atoms with E-state index in [2.05, 4.69) is 4.98 Å². The average Bonchev–Trinajstić information content (AvgIpc) is 3.55. The molecule has 2 aliphatic rings. The molecule has 2 aromatic heterocycles. The van der Waals surface area contributed by atoms with Gasteiger partial charge in [0.05, 0.1) is 19.4 Å². The van der Waals surface area contributed by atoms with Crippen LogP contribution in [0.15, 0.2) is 70.5 Å². The predicted molar refractivity (Wildman–Crippen MR) is 128 cm³/mol. The first-order valence-corrected chi connectivity index (χ1v) is 11.8. The van der Waals surface area contributed by atoms with Gasteiger partial charge in [-0.25, -0.2) is 9.78 Å². The maximum absolute atomic E-state index is 13.7. The van der Waals surface area contributed by atoms with E-state index < -0.39 is 6.10 Å². The van der Waals surface area contributed by atoms with Gasteiger partial charge in [-0.05, 0) is 30.5 Å². The van der Waals surface area contributed by atoms with Crippen LogP contribution in [0.5, 0.6) is 11.5 Å². The zero-order valence-corrected chi connectivity index (χ0v) is 18.8. The number of benzene rings is 2. The van der Waals surface area contributed by atoms with Gasteiger partial charge in [-0.15, -0.1) is 0 Å². The number of imidazole rings is 1. The molecule has 0 unspecified atom stereocenters. The molecule has 8 heteroatoms. The van der Waals surface area contributed by atoms with Crippen molar-refractivity contribution < 1.29 is 9.47 Å². The summed E-state index contributed by atoms with van der Waals surface area (Å²) in [5.74, 6) is 1.29. The van der Waals surface area contributed by atoms with E-state index in [4.69, 9.17) is 9.47 Å². The molecule has 2 aromatic carbocycles. The molecule has 4 aromatic rings. The maximum Gasteiger partial charge on any atom is 0.333 e. The summed E-state index contributed by atoms with van der Waals surface area (Å²) in [6.07, 6.45) is 5.57. The van der Waals surface area contributed by atoms with Crippen LogP contribution in [-0.2, 0) is 13.1 Å². The van der Waals surface area contributed by atoms with E-state index >= 15 is 0 Å². The van der Waals surface area contributed by atoms with Crippen LogP contribution < -0.4 is 20.7 Å². The lowest BCUT2D eigenvalue weighted by molar-refractivity contribution is 0.0766. The van der Waals surface area contributed by atoms with Crippen LogP contribution in [0.2, 0.25) is 0 Å². The summed E-state index contributed by atoms with van der Waals surface area (Å²) in [7, 11) is 0. The number of rotatable bonds is 5. The number of para-hydroxylation sites is 2. The van der Waals surface area contributed by atoms with Crippen LogP contribution >= 0.6 is 0 Å². The quantitative estimate of drug-likeness (QED) is 0.458. The molecule has 3 heterocycles. The van der Waals surface area contributed by atoms with Gasteiger partial charge in [-0.3, -0.25) is 13.9 Å². The molecule has 8 nitrogen and oxygen atoms in total. The van der Waals surface area contributed by atoms with Gasteiger partial charge in [-0.1, -0.05) is 55.3 Å².